The van der Waals surface area contributed by atoms with Crippen LogP contribution < -0.4 is 5.32 Å². The van der Waals surface area contributed by atoms with Crippen LogP contribution in [0.1, 0.15) is 38.4 Å². The van der Waals surface area contributed by atoms with Gasteiger partial charge in [-0.2, -0.15) is 0 Å². The minimum atomic E-state index is -0.234. The van der Waals surface area contributed by atoms with E-state index in [4.69, 9.17) is 4.74 Å². The molecule has 0 aromatic heterocycles. The molecule has 1 aromatic carbocycles. The molecule has 2 rings (SSSR count). The van der Waals surface area contributed by atoms with Crippen LogP contribution >= 0.6 is 0 Å². The third kappa shape index (κ3) is 4.05. The number of nitrogens with zero attached hydrogens (tertiary/aromatic N) is 1. The molecule has 1 atom stereocenters. The molecule has 1 unspecified atom stereocenters. The summed E-state index contributed by atoms with van der Waals surface area (Å²) < 4.78 is 5.98. The van der Waals surface area contributed by atoms with Crippen molar-refractivity contribution >= 4 is 5.91 Å². The van der Waals surface area contributed by atoms with E-state index < -0.39 is 0 Å². The number of amides is 1. The van der Waals surface area contributed by atoms with Gasteiger partial charge in [0, 0.05) is 6.42 Å². The third-order valence-electron chi connectivity index (χ3n) is 4.01. The molecule has 0 spiro atoms. The second kappa shape index (κ2) is 7.05. The molecule has 0 bridgehead atoms. The fourth-order valence-electron chi connectivity index (χ4n) is 2.71. The first-order valence-corrected chi connectivity index (χ1v) is 7.66. The maximum Gasteiger partial charge on any atom is 0.223 e. The molecule has 4 heteroatoms. The van der Waals surface area contributed by atoms with Gasteiger partial charge in [-0.05, 0) is 39.4 Å². The molecule has 1 saturated heterocycles. The van der Waals surface area contributed by atoms with E-state index in [0.29, 0.717) is 19.6 Å². The third-order valence-corrected chi connectivity index (χ3v) is 4.01. The highest BCUT2D eigenvalue weighted by molar-refractivity contribution is 5.77. The van der Waals surface area contributed by atoms with Crippen molar-refractivity contribution in [3.63, 3.8) is 0 Å². The molecule has 1 fully saturated rings. The monoisotopic (exact) mass is 290 g/mol. The number of rotatable bonds is 5. The van der Waals surface area contributed by atoms with Crippen LogP contribution in [0.4, 0.5) is 0 Å². The summed E-state index contributed by atoms with van der Waals surface area (Å²) in [4.78, 5) is 14.5. The molecule has 1 amide bonds. The highest BCUT2D eigenvalue weighted by Crippen LogP contribution is 2.30. The highest BCUT2D eigenvalue weighted by Gasteiger charge is 2.38. The molecular weight excluding hydrogens is 264 g/mol. The average Bonchev–Trinajstić information content (AvgIpc) is 2.48. The van der Waals surface area contributed by atoms with Crippen LogP contribution in [-0.4, -0.2) is 43.1 Å². The van der Waals surface area contributed by atoms with Gasteiger partial charge in [0.05, 0.1) is 18.7 Å². The Morgan fingerprint density at radius 2 is 2.10 bits per heavy atom. The number of benzene rings is 1. The Balaban J connectivity index is 2.04. The van der Waals surface area contributed by atoms with Crippen LogP contribution in [0.15, 0.2) is 30.3 Å². The molecule has 1 aliphatic rings. The van der Waals surface area contributed by atoms with E-state index in [9.17, 15) is 4.79 Å². The van der Waals surface area contributed by atoms with E-state index in [-0.39, 0.29) is 17.6 Å². The maximum atomic E-state index is 12.5. The summed E-state index contributed by atoms with van der Waals surface area (Å²) >= 11 is 0. The Kier molecular flexibility index (Phi) is 5.37. The van der Waals surface area contributed by atoms with Gasteiger partial charge >= 0.3 is 0 Å². The lowest BCUT2D eigenvalue weighted by molar-refractivity contribution is -0.155. The molecule has 4 nitrogen and oxygen atoms in total. The largest absolute Gasteiger partial charge is 0.369 e. The zero-order chi connectivity index (χ0) is 15.3. The molecule has 0 saturated carbocycles. The van der Waals surface area contributed by atoms with Crippen LogP contribution in [0.5, 0.6) is 0 Å². The molecule has 0 aliphatic carbocycles. The number of ether oxygens (including phenoxy) is 1. The summed E-state index contributed by atoms with van der Waals surface area (Å²) in [6, 6.07) is 10.1. The van der Waals surface area contributed by atoms with E-state index in [1.165, 1.54) is 0 Å². The second-order valence-electron chi connectivity index (χ2n) is 6.23. The fourth-order valence-corrected chi connectivity index (χ4v) is 2.71. The van der Waals surface area contributed by atoms with Crippen LogP contribution in [0.3, 0.4) is 0 Å². The van der Waals surface area contributed by atoms with Crippen molar-refractivity contribution in [2.24, 2.45) is 0 Å². The number of hydrogen-bond donors (Lipinski definition) is 1. The molecule has 21 heavy (non-hydrogen) atoms. The van der Waals surface area contributed by atoms with Crippen molar-refractivity contribution in [2.45, 2.75) is 38.3 Å². The Labute approximate surface area is 127 Å². The van der Waals surface area contributed by atoms with Crippen LogP contribution in [-0.2, 0) is 9.53 Å². The quantitative estimate of drug-likeness (QED) is 0.847. The SMILES string of the molecule is CNCCCC(=O)N1CC(c2ccccc2)OCC1(C)C. The predicted molar refractivity (Wildman–Crippen MR) is 84.1 cm³/mol. The van der Waals surface area contributed by atoms with Gasteiger partial charge in [-0.25, -0.2) is 0 Å². The van der Waals surface area contributed by atoms with E-state index in [1.807, 2.05) is 30.1 Å². The Morgan fingerprint density at radius 1 is 1.38 bits per heavy atom. The predicted octanol–water partition coefficient (Wildman–Crippen LogP) is 2.36. The molecule has 1 aromatic rings. The summed E-state index contributed by atoms with van der Waals surface area (Å²) in [5.74, 6) is 0.222. The highest BCUT2D eigenvalue weighted by atomic mass is 16.5. The molecule has 1 heterocycles. The van der Waals surface area contributed by atoms with Crippen molar-refractivity contribution < 1.29 is 9.53 Å². The first kappa shape index (κ1) is 16.0. The van der Waals surface area contributed by atoms with E-state index in [2.05, 4.69) is 31.3 Å². The van der Waals surface area contributed by atoms with Crippen LogP contribution in [0.25, 0.3) is 0 Å². The standard InChI is InChI=1S/C17H26N2O2/c1-17(2)13-21-15(14-8-5-4-6-9-14)12-19(17)16(20)10-7-11-18-3/h4-6,8-9,15,18H,7,10-13H2,1-3H3. The fraction of sp³-hybridized carbons (Fsp3) is 0.588. The summed E-state index contributed by atoms with van der Waals surface area (Å²) in [5.41, 5.74) is 0.906. The van der Waals surface area contributed by atoms with Gasteiger partial charge in [0.15, 0.2) is 0 Å². The topological polar surface area (TPSA) is 41.6 Å². The molecule has 1 aliphatic heterocycles. The van der Waals surface area contributed by atoms with Gasteiger partial charge in [-0.15, -0.1) is 0 Å². The summed E-state index contributed by atoms with van der Waals surface area (Å²) in [7, 11) is 1.91. The van der Waals surface area contributed by atoms with E-state index in [1.54, 1.807) is 0 Å². The zero-order valence-corrected chi connectivity index (χ0v) is 13.3. The lowest BCUT2D eigenvalue weighted by Gasteiger charge is -2.45. The summed E-state index contributed by atoms with van der Waals surface area (Å²) in [5, 5.41) is 3.09. The molecular formula is C17H26N2O2. The lowest BCUT2D eigenvalue weighted by atomic mass is 9.97. The van der Waals surface area contributed by atoms with Gasteiger partial charge in [0.25, 0.3) is 0 Å². The molecule has 116 valence electrons. The van der Waals surface area contributed by atoms with Gasteiger partial charge in [0.2, 0.25) is 5.91 Å². The maximum absolute atomic E-state index is 12.5. The van der Waals surface area contributed by atoms with Gasteiger partial charge in [-0.1, -0.05) is 30.3 Å². The Hall–Kier alpha value is -1.39. The smallest absolute Gasteiger partial charge is 0.223 e. The van der Waals surface area contributed by atoms with Gasteiger partial charge < -0.3 is 15.0 Å². The van der Waals surface area contributed by atoms with Crippen molar-refractivity contribution in [1.82, 2.24) is 10.2 Å². The number of hydrogen-bond acceptors (Lipinski definition) is 3. The molecule has 0 radical (unpaired) electrons. The second-order valence-corrected chi connectivity index (χ2v) is 6.23. The first-order chi connectivity index (χ1) is 10.0. The number of carbonyl (C=O) groups excluding carboxylic acids is 1. The van der Waals surface area contributed by atoms with Crippen molar-refractivity contribution in [3.8, 4) is 0 Å². The van der Waals surface area contributed by atoms with Crippen molar-refractivity contribution in [1.29, 1.82) is 0 Å². The zero-order valence-electron chi connectivity index (χ0n) is 13.3. The average molecular weight is 290 g/mol. The van der Waals surface area contributed by atoms with E-state index >= 15 is 0 Å². The molecule has 1 N–H and O–H groups in total. The first-order valence-electron chi connectivity index (χ1n) is 7.66. The van der Waals surface area contributed by atoms with Crippen LogP contribution in [0, 0.1) is 0 Å². The van der Waals surface area contributed by atoms with Crippen LogP contribution in [0.2, 0.25) is 0 Å². The Morgan fingerprint density at radius 3 is 2.76 bits per heavy atom. The number of morpholine rings is 1. The summed E-state index contributed by atoms with van der Waals surface area (Å²) in [6.07, 6.45) is 1.44. The lowest BCUT2D eigenvalue weighted by Crippen LogP contribution is -2.56. The van der Waals surface area contributed by atoms with Gasteiger partial charge in [0.1, 0.15) is 6.10 Å². The van der Waals surface area contributed by atoms with Gasteiger partial charge in [-0.3, -0.25) is 4.79 Å². The normalized spacial score (nSPS) is 21.3. The summed E-state index contributed by atoms with van der Waals surface area (Å²) in [6.45, 7) is 6.23. The van der Waals surface area contributed by atoms with Crippen molar-refractivity contribution in [2.75, 3.05) is 26.7 Å². The minimum absolute atomic E-state index is 0.0209. The number of carbonyl (C=O) groups is 1. The van der Waals surface area contributed by atoms with E-state index in [0.717, 1.165) is 18.5 Å². The Bertz CT molecular complexity index is 459. The minimum Gasteiger partial charge on any atom is -0.369 e. The van der Waals surface area contributed by atoms with Crippen molar-refractivity contribution in [3.05, 3.63) is 35.9 Å². The number of nitrogens with one attached hydrogen (secondary N) is 1.